The molecule has 2 aliphatic rings. The summed E-state index contributed by atoms with van der Waals surface area (Å²) in [5.41, 5.74) is 3.15. The van der Waals surface area contributed by atoms with Gasteiger partial charge >= 0.3 is 0 Å². The van der Waals surface area contributed by atoms with Crippen molar-refractivity contribution in [3.05, 3.63) is 29.3 Å². The summed E-state index contributed by atoms with van der Waals surface area (Å²) >= 11 is 1.72. The fourth-order valence-corrected chi connectivity index (χ4v) is 4.49. The number of nitrogens with zero attached hydrogens (tertiary/aromatic N) is 1. The third-order valence-electron chi connectivity index (χ3n) is 4.52. The zero-order chi connectivity index (χ0) is 15.2. The number of rotatable bonds is 2. The molecule has 0 aromatic heterocycles. The third-order valence-corrected chi connectivity index (χ3v) is 6.03. The molecule has 1 aromatic rings. The van der Waals surface area contributed by atoms with Gasteiger partial charge in [0, 0.05) is 17.9 Å². The molecule has 0 bridgehead atoms. The highest BCUT2D eigenvalue weighted by atomic mass is 32.2. The van der Waals surface area contributed by atoms with Crippen LogP contribution in [0.25, 0.3) is 0 Å². The van der Waals surface area contributed by atoms with Gasteiger partial charge in [0.05, 0.1) is 4.87 Å². The zero-order valence-electron chi connectivity index (χ0n) is 12.6. The van der Waals surface area contributed by atoms with Gasteiger partial charge < -0.3 is 10.2 Å². The Balaban J connectivity index is 1.77. The van der Waals surface area contributed by atoms with Crippen molar-refractivity contribution in [3.63, 3.8) is 0 Å². The van der Waals surface area contributed by atoms with Crippen molar-refractivity contribution in [3.8, 4) is 0 Å². The van der Waals surface area contributed by atoms with Crippen LogP contribution < -0.4 is 5.32 Å². The van der Waals surface area contributed by atoms with E-state index in [1.165, 1.54) is 5.56 Å². The molecule has 0 spiro atoms. The van der Waals surface area contributed by atoms with Gasteiger partial charge in [-0.3, -0.25) is 9.59 Å². The molecule has 0 saturated carbocycles. The minimum absolute atomic E-state index is 0.0790. The smallest absolute Gasteiger partial charge is 0.248 e. The maximum Gasteiger partial charge on any atom is 0.248 e. The number of carbonyl (C=O) groups excluding carboxylic acids is 2. The topological polar surface area (TPSA) is 49.4 Å². The Bertz CT molecular complexity index is 616. The minimum atomic E-state index is -0.350. The Morgan fingerprint density at radius 1 is 1.38 bits per heavy atom. The molecule has 2 heterocycles. The number of aryl methyl sites for hydroxylation is 2. The van der Waals surface area contributed by atoms with E-state index in [0.29, 0.717) is 12.2 Å². The number of carbonyl (C=O) groups is 2. The molecule has 0 unspecified atom stereocenters. The molecular formula is C16H20N2O2S. The predicted molar refractivity (Wildman–Crippen MR) is 85.3 cm³/mol. The van der Waals surface area contributed by atoms with Gasteiger partial charge in [0.2, 0.25) is 11.8 Å². The van der Waals surface area contributed by atoms with Crippen LogP contribution in [0.4, 0.5) is 5.69 Å². The molecule has 0 aliphatic carbocycles. The van der Waals surface area contributed by atoms with Crippen LogP contribution in [0.3, 0.4) is 0 Å². The average Bonchev–Trinajstić information content (AvgIpc) is 2.91. The van der Waals surface area contributed by atoms with Crippen molar-refractivity contribution in [2.75, 3.05) is 11.1 Å². The van der Waals surface area contributed by atoms with Crippen LogP contribution in [0, 0.1) is 13.8 Å². The molecule has 21 heavy (non-hydrogen) atoms. The molecule has 2 aliphatic heterocycles. The van der Waals surface area contributed by atoms with E-state index in [2.05, 4.69) is 12.2 Å². The van der Waals surface area contributed by atoms with E-state index in [1.54, 1.807) is 16.7 Å². The number of hydrogen-bond acceptors (Lipinski definition) is 3. The predicted octanol–water partition coefficient (Wildman–Crippen LogP) is 2.70. The zero-order valence-corrected chi connectivity index (χ0v) is 13.4. The first-order chi connectivity index (χ1) is 9.90. The van der Waals surface area contributed by atoms with Gasteiger partial charge in [-0.05, 0) is 50.5 Å². The van der Waals surface area contributed by atoms with Gasteiger partial charge in [-0.25, -0.2) is 0 Å². The second-order valence-corrected chi connectivity index (χ2v) is 7.56. The number of nitrogens with one attached hydrogen (secondary N) is 1. The highest BCUT2D eigenvalue weighted by Gasteiger charge is 2.52. The van der Waals surface area contributed by atoms with Crippen molar-refractivity contribution in [2.45, 2.75) is 44.5 Å². The van der Waals surface area contributed by atoms with Gasteiger partial charge in [-0.1, -0.05) is 6.07 Å². The fraction of sp³-hybridized carbons (Fsp3) is 0.500. The number of benzene rings is 1. The summed E-state index contributed by atoms with van der Waals surface area (Å²) in [6.07, 6.45) is 1.39. The molecule has 5 heteroatoms. The van der Waals surface area contributed by atoms with E-state index >= 15 is 0 Å². The first-order valence-electron chi connectivity index (χ1n) is 7.25. The summed E-state index contributed by atoms with van der Waals surface area (Å²) in [5, 5.41) is 2.96. The molecule has 4 nitrogen and oxygen atoms in total. The third kappa shape index (κ3) is 2.44. The molecule has 2 fully saturated rings. The van der Waals surface area contributed by atoms with E-state index in [4.69, 9.17) is 0 Å². The molecule has 2 amide bonds. The number of thioether (sulfide) groups is 1. The molecular weight excluding hydrogens is 284 g/mol. The van der Waals surface area contributed by atoms with E-state index < -0.39 is 0 Å². The quantitative estimate of drug-likeness (QED) is 0.914. The summed E-state index contributed by atoms with van der Waals surface area (Å²) in [6, 6.07) is 5.53. The summed E-state index contributed by atoms with van der Waals surface area (Å²) in [4.78, 5) is 26.2. The number of fused-ring (bicyclic) bond motifs is 1. The Hall–Kier alpha value is -1.49. The lowest BCUT2D eigenvalue weighted by Gasteiger charge is -2.29. The van der Waals surface area contributed by atoms with Crippen LogP contribution >= 0.6 is 11.8 Å². The lowest BCUT2D eigenvalue weighted by Crippen LogP contribution is -2.48. The largest absolute Gasteiger partial charge is 0.324 e. The fourth-order valence-electron chi connectivity index (χ4n) is 3.06. The lowest BCUT2D eigenvalue weighted by atomic mass is 10.1. The second-order valence-electron chi connectivity index (χ2n) is 6.05. The second kappa shape index (κ2) is 5.05. The van der Waals surface area contributed by atoms with Crippen LogP contribution in [-0.2, 0) is 9.59 Å². The van der Waals surface area contributed by atoms with Gasteiger partial charge in [-0.2, -0.15) is 0 Å². The van der Waals surface area contributed by atoms with Crippen LogP contribution in [0.1, 0.15) is 30.9 Å². The summed E-state index contributed by atoms with van der Waals surface area (Å²) in [5.74, 6) is 0.700. The van der Waals surface area contributed by atoms with Crippen molar-refractivity contribution < 1.29 is 9.59 Å². The SMILES string of the molecule is Cc1ccc(NC(=O)[C@H]2CS[C@@]3(C)CCC(=O)N23)cc1C. The van der Waals surface area contributed by atoms with Crippen molar-refractivity contribution >= 4 is 29.3 Å². The molecule has 1 N–H and O–H groups in total. The van der Waals surface area contributed by atoms with Crippen LogP contribution in [0.2, 0.25) is 0 Å². The first-order valence-corrected chi connectivity index (χ1v) is 8.23. The van der Waals surface area contributed by atoms with Gasteiger partial charge in [-0.15, -0.1) is 11.8 Å². The number of anilines is 1. The maximum atomic E-state index is 12.5. The standard InChI is InChI=1S/C16H20N2O2S/c1-10-4-5-12(8-11(10)2)17-15(20)13-9-21-16(3)7-6-14(19)18(13)16/h4-5,8,13H,6-7,9H2,1-3H3,(H,17,20)/t13-,16+/m1/s1. The molecule has 2 saturated heterocycles. The molecule has 0 radical (unpaired) electrons. The van der Waals surface area contributed by atoms with Crippen molar-refractivity contribution in [2.24, 2.45) is 0 Å². The first kappa shape index (κ1) is 14.4. The molecule has 112 valence electrons. The monoisotopic (exact) mass is 304 g/mol. The Labute approximate surface area is 129 Å². The Kier molecular flexibility index (Phi) is 3.48. The van der Waals surface area contributed by atoms with Crippen molar-refractivity contribution in [1.29, 1.82) is 0 Å². The summed E-state index contributed by atoms with van der Waals surface area (Å²) in [7, 11) is 0. The number of amides is 2. The summed E-state index contributed by atoms with van der Waals surface area (Å²) in [6.45, 7) is 6.13. The average molecular weight is 304 g/mol. The number of hydrogen-bond donors (Lipinski definition) is 1. The van der Waals surface area contributed by atoms with Gasteiger partial charge in [0.25, 0.3) is 0 Å². The van der Waals surface area contributed by atoms with Crippen LogP contribution in [-0.4, -0.2) is 33.4 Å². The molecule has 3 rings (SSSR count). The van der Waals surface area contributed by atoms with Crippen molar-refractivity contribution in [1.82, 2.24) is 4.90 Å². The molecule has 1 aromatic carbocycles. The van der Waals surface area contributed by atoms with Gasteiger partial charge in [0.1, 0.15) is 6.04 Å². The van der Waals surface area contributed by atoms with E-state index in [0.717, 1.165) is 17.7 Å². The van der Waals surface area contributed by atoms with E-state index in [9.17, 15) is 9.59 Å². The highest BCUT2D eigenvalue weighted by molar-refractivity contribution is 8.01. The Morgan fingerprint density at radius 2 is 2.14 bits per heavy atom. The maximum absolute atomic E-state index is 12.5. The lowest BCUT2D eigenvalue weighted by molar-refractivity contribution is -0.135. The minimum Gasteiger partial charge on any atom is -0.324 e. The molecule has 2 atom stereocenters. The van der Waals surface area contributed by atoms with E-state index in [-0.39, 0.29) is 22.7 Å². The van der Waals surface area contributed by atoms with E-state index in [1.807, 2.05) is 32.0 Å². The van der Waals surface area contributed by atoms with Gasteiger partial charge in [0.15, 0.2) is 0 Å². The normalized spacial score (nSPS) is 27.9. The van der Waals surface area contributed by atoms with Crippen LogP contribution in [0.15, 0.2) is 18.2 Å². The summed E-state index contributed by atoms with van der Waals surface area (Å²) < 4.78 is 0. The Morgan fingerprint density at radius 3 is 2.86 bits per heavy atom. The van der Waals surface area contributed by atoms with Crippen LogP contribution in [0.5, 0.6) is 0 Å². The highest BCUT2D eigenvalue weighted by Crippen LogP contribution is 2.47.